The Morgan fingerprint density at radius 2 is 1.89 bits per heavy atom. The van der Waals surface area contributed by atoms with Crippen LogP contribution in [0.1, 0.15) is 26.4 Å². The SMILES string of the molecule is COc1ccccc1-c1cc2onc(C(=O)Nc3ccc(C#N)cc3C(=O)O)c2cc1S(N)(=O)=O. The van der Waals surface area contributed by atoms with Crippen LogP contribution >= 0.6 is 0 Å². The van der Waals surface area contributed by atoms with E-state index in [1.807, 2.05) is 6.07 Å². The molecule has 0 aliphatic carbocycles. The monoisotopic (exact) mass is 492 g/mol. The number of nitrogens with two attached hydrogens (primary N) is 1. The van der Waals surface area contributed by atoms with Gasteiger partial charge in [0.05, 0.1) is 40.3 Å². The van der Waals surface area contributed by atoms with Crippen LogP contribution < -0.4 is 15.2 Å². The number of amides is 1. The normalized spacial score (nSPS) is 11.1. The molecular weight excluding hydrogens is 476 g/mol. The molecule has 3 aromatic carbocycles. The lowest BCUT2D eigenvalue weighted by Gasteiger charge is -2.12. The van der Waals surface area contributed by atoms with Crippen LogP contribution in [0.5, 0.6) is 5.75 Å². The summed E-state index contributed by atoms with van der Waals surface area (Å²) < 4.78 is 35.5. The highest BCUT2D eigenvalue weighted by Gasteiger charge is 2.25. The van der Waals surface area contributed by atoms with Gasteiger partial charge in [-0.1, -0.05) is 23.4 Å². The maximum Gasteiger partial charge on any atom is 0.337 e. The number of methoxy groups -OCH3 is 1. The number of hydrogen-bond donors (Lipinski definition) is 3. The first-order valence-electron chi connectivity index (χ1n) is 9.82. The van der Waals surface area contributed by atoms with Crippen molar-refractivity contribution in [3.8, 4) is 22.9 Å². The molecule has 0 bridgehead atoms. The first-order chi connectivity index (χ1) is 16.6. The van der Waals surface area contributed by atoms with Gasteiger partial charge in [-0.2, -0.15) is 5.26 Å². The van der Waals surface area contributed by atoms with Gasteiger partial charge in [0.15, 0.2) is 11.3 Å². The van der Waals surface area contributed by atoms with Gasteiger partial charge in [-0.25, -0.2) is 18.4 Å². The highest BCUT2D eigenvalue weighted by molar-refractivity contribution is 7.89. The number of aromatic nitrogens is 1. The van der Waals surface area contributed by atoms with E-state index in [1.54, 1.807) is 24.3 Å². The number of ether oxygens (including phenoxy) is 1. The zero-order chi connectivity index (χ0) is 25.3. The molecule has 1 amide bonds. The summed E-state index contributed by atoms with van der Waals surface area (Å²) >= 11 is 0. The Kier molecular flexibility index (Phi) is 5.96. The van der Waals surface area contributed by atoms with Crippen molar-refractivity contribution in [2.45, 2.75) is 4.90 Å². The number of carbonyl (C=O) groups excluding carboxylic acids is 1. The topological polar surface area (TPSA) is 186 Å². The van der Waals surface area contributed by atoms with Crippen molar-refractivity contribution in [3.63, 3.8) is 0 Å². The summed E-state index contributed by atoms with van der Waals surface area (Å²) in [6, 6.07) is 14.7. The van der Waals surface area contributed by atoms with Crippen LogP contribution in [0.15, 0.2) is 64.0 Å². The summed E-state index contributed by atoms with van der Waals surface area (Å²) in [5, 5.41) is 30.1. The van der Waals surface area contributed by atoms with Crippen LogP contribution in [0.4, 0.5) is 5.69 Å². The third-order valence-electron chi connectivity index (χ3n) is 5.12. The number of nitrogens with zero attached hydrogens (tertiary/aromatic N) is 2. The molecule has 35 heavy (non-hydrogen) atoms. The van der Waals surface area contributed by atoms with Gasteiger partial charge >= 0.3 is 5.97 Å². The van der Waals surface area contributed by atoms with E-state index in [-0.39, 0.29) is 43.9 Å². The van der Waals surface area contributed by atoms with Gasteiger partial charge in [0.25, 0.3) is 5.91 Å². The quantitative estimate of drug-likeness (QED) is 0.364. The number of para-hydroxylation sites is 1. The van der Waals surface area contributed by atoms with E-state index in [4.69, 9.17) is 19.7 Å². The van der Waals surface area contributed by atoms with E-state index in [9.17, 15) is 23.1 Å². The number of nitrogens with one attached hydrogen (secondary N) is 1. The zero-order valence-corrected chi connectivity index (χ0v) is 18.8. The van der Waals surface area contributed by atoms with E-state index < -0.39 is 21.9 Å². The summed E-state index contributed by atoms with van der Waals surface area (Å²) in [6.45, 7) is 0. The summed E-state index contributed by atoms with van der Waals surface area (Å²) in [6.07, 6.45) is 0. The minimum Gasteiger partial charge on any atom is -0.496 e. The highest BCUT2D eigenvalue weighted by Crippen LogP contribution is 2.37. The number of hydrogen-bond acceptors (Lipinski definition) is 8. The predicted octanol–water partition coefficient (Wildman–Crippen LogP) is 2.97. The van der Waals surface area contributed by atoms with Gasteiger partial charge in [-0.05, 0) is 36.4 Å². The van der Waals surface area contributed by atoms with Gasteiger partial charge in [-0.15, -0.1) is 0 Å². The minimum atomic E-state index is -4.27. The standard InChI is InChI=1S/C23H16N4O7S/c1-33-18-5-3-2-4-13(18)14-9-19-16(10-20(14)35(25,31)32)21(27-34-19)22(28)26-17-7-6-12(11-24)8-15(17)23(29)30/h2-10H,1H3,(H,26,28)(H,29,30)(H2,25,31,32). The third kappa shape index (κ3) is 4.41. The van der Waals surface area contributed by atoms with Crippen LogP contribution in [0.25, 0.3) is 22.1 Å². The molecule has 0 aliphatic heterocycles. The molecule has 0 atom stereocenters. The summed E-state index contributed by atoms with van der Waals surface area (Å²) in [5.74, 6) is -1.84. The van der Waals surface area contributed by atoms with Gasteiger partial charge in [0.2, 0.25) is 10.0 Å². The van der Waals surface area contributed by atoms with Crippen molar-refractivity contribution < 1.29 is 32.4 Å². The van der Waals surface area contributed by atoms with Gasteiger partial charge in [0, 0.05) is 11.1 Å². The van der Waals surface area contributed by atoms with E-state index in [0.29, 0.717) is 11.3 Å². The molecule has 0 radical (unpaired) electrons. The van der Waals surface area contributed by atoms with E-state index in [1.165, 1.54) is 25.3 Å². The van der Waals surface area contributed by atoms with Gasteiger partial charge in [0.1, 0.15) is 5.75 Å². The van der Waals surface area contributed by atoms with Crippen molar-refractivity contribution in [1.82, 2.24) is 5.16 Å². The average molecular weight is 492 g/mol. The van der Waals surface area contributed by atoms with E-state index >= 15 is 0 Å². The number of carboxylic acid groups (broad SMARTS) is 1. The van der Waals surface area contributed by atoms with Crippen molar-refractivity contribution >= 4 is 38.6 Å². The second-order valence-corrected chi connectivity index (χ2v) is 8.78. The fraction of sp³-hybridized carbons (Fsp3) is 0.0435. The summed E-state index contributed by atoms with van der Waals surface area (Å²) in [4.78, 5) is 24.2. The molecule has 12 heteroatoms. The number of nitriles is 1. The maximum atomic E-state index is 12.9. The molecule has 176 valence electrons. The molecule has 0 saturated carbocycles. The van der Waals surface area contributed by atoms with Gasteiger partial charge < -0.3 is 19.7 Å². The van der Waals surface area contributed by atoms with Crippen LogP contribution in [-0.2, 0) is 10.0 Å². The highest BCUT2D eigenvalue weighted by atomic mass is 32.2. The molecule has 0 saturated heterocycles. The summed E-state index contributed by atoms with van der Waals surface area (Å²) in [7, 11) is -2.84. The number of aromatic carboxylic acids is 1. The largest absolute Gasteiger partial charge is 0.496 e. The van der Waals surface area contributed by atoms with Crippen molar-refractivity contribution in [3.05, 3.63) is 71.4 Å². The third-order valence-corrected chi connectivity index (χ3v) is 6.07. The minimum absolute atomic E-state index is 0.0377. The molecule has 0 spiro atoms. The van der Waals surface area contributed by atoms with E-state index in [0.717, 1.165) is 12.1 Å². The fourth-order valence-electron chi connectivity index (χ4n) is 3.52. The number of fused-ring (bicyclic) bond motifs is 1. The number of benzene rings is 3. The Bertz CT molecular complexity index is 1650. The number of primary sulfonamides is 1. The molecule has 4 rings (SSSR count). The fourth-order valence-corrected chi connectivity index (χ4v) is 4.28. The number of anilines is 1. The Labute approximate surface area is 198 Å². The van der Waals surface area contributed by atoms with E-state index in [2.05, 4.69) is 10.5 Å². The lowest BCUT2D eigenvalue weighted by molar-refractivity contribution is 0.0698. The molecule has 0 unspecified atom stereocenters. The molecule has 1 aromatic heterocycles. The second-order valence-electron chi connectivity index (χ2n) is 7.25. The zero-order valence-electron chi connectivity index (χ0n) is 18.0. The lowest BCUT2D eigenvalue weighted by Crippen LogP contribution is -2.16. The maximum absolute atomic E-state index is 12.9. The number of carboxylic acids is 1. The predicted molar refractivity (Wildman–Crippen MR) is 123 cm³/mol. The van der Waals surface area contributed by atoms with Crippen molar-refractivity contribution in [2.75, 3.05) is 12.4 Å². The molecule has 0 fully saturated rings. The smallest absolute Gasteiger partial charge is 0.337 e. The van der Waals surface area contributed by atoms with Crippen LogP contribution in [0, 0.1) is 11.3 Å². The number of sulfonamides is 1. The van der Waals surface area contributed by atoms with Crippen LogP contribution in [0.3, 0.4) is 0 Å². The first-order valence-corrected chi connectivity index (χ1v) is 11.4. The molecule has 0 aliphatic rings. The number of rotatable bonds is 6. The van der Waals surface area contributed by atoms with Gasteiger partial charge in [-0.3, -0.25) is 4.79 Å². The number of carbonyl (C=O) groups is 2. The Hall–Kier alpha value is -4.73. The average Bonchev–Trinajstić information content (AvgIpc) is 3.26. The Morgan fingerprint density at radius 3 is 2.54 bits per heavy atom. The lowest BCUT2D eigenvalue weighted by atomic mass is 10.0. The Balaban J connectivity index is 1.84. The molecule has 4 aromatic rings. The van der Waals surface area contributed by atoms with Crippen LogP contribution in [0.2, 0.25) is 0 Å². The molecule has 11 nitrogen and oxygen atoms in total. The second kappa shape index (κ2) is 8.90. The van der Waals surface area contributed by atoms with Crippen molar-refractivity contribution in [2.24, 2.45) is 5.14 Å². The molecule has 1 heterocycles. The first kappa shape index (κ1) is 23.4. The van der Waals surface area contributed by atoms with Crippen molar-refractivity contribution in [1.29, 1.82) is 5.26 Å². The molecule has 4 N–H and O–H groups in total. The van der Waals surface area contributed by atoms with Crippen LogP contribution in [-0.4, -0.2) is 37.7 Å². The summed E-state index contributed by atoms with van der Waals surface area (Å²) in [5.41, 5.74) is 0.0875. The molecular formula is C23H16N4O7S. The Morgan fingerprint density at radius 1 is 1.14 bits per heavy atom.